The second-order valence-corrected chi connectivity index (χ2v) is 5.29. The molecule has 0 atom stereocenters. The highest BCUT2D eigenvalue weighted by atomic mass is 79.9. The minimum absolute atomic E-state index is 0.398. The van der Waals surface area contributed by atoms with Gasteiger partial charge < -0.3 is 15.2 Å². The number of halogens is 1. The van der Waals surface area contributed by atoms with Crippen molar-refractivity contribution in [2.45, 2.75) is 13.5 Å². The Morgan fingerprint density at radius 3 is 2.43 bits per heavy atom. The van der Waals surface area contributed by atoms with Crippen LogP contribution in [-0.2, 0) is 6.61 Å². The number of nitrogens with two attached hydrogens (primary N) is 1. The van der Waals surface area contributed by atoms with E-state index in [1.54, 1.807) is 18.2 Å². The van der Waals surface area contributed by atoms with E-state index in [2.05, 4.69) is 15.9 Å². The Morgan fingerprint density at radius 2 is 1.81 bits per heavy atom. The fourth-order valence-electron chi connectivity index (χ4n) is 1.79. The van der Waals surface area contributed by atoms with Gasteiger partial charge in [-0.3, -0.25) is 4.79 Å². The van der Waals surface area contributed by atoms with Gasteiger partial charge in [-0.25, -0.2) is 0 Å². The Morgan fingerprint density at radius 1 is 1.10 bits per heavy atom. The summed E-state index contributed by atoms with van der Waals surface area (Å²) in [6.07, 6.45) is 0. The van der Waals surface area contributed by atoms with Gasteiger partial charge in [0.05, 0.1) is 6.61 Å². The molecule has 0 aliphatic rings. The summed E-state index contributed by atoms with van der Waals surface area (Å²) in [4.78, 5) is 11.2. The van der Waals surface area contributed by atoms with Crippen molar-refractivity contribution in [1.82, 2.24) is 0 Å². The smallest absolute Gasteiger partial charge is 0.248 e. The molecule has 2 aromatic carbocycles. The Kier molecular flexibility index (Phi) is 5.22. The molecule has 2 aromatic rings. The van der Waals surface area contributed by atoms with E-state index in [0.29, 0.717) is 30.3 Å². The summed E-state index contributed by atoms with van der Waals surface area (Å²) in [5, 5.41) is 0. The maximum absolute atomic E-state index is 11.2. The molecule has 0 saturated carbocycles. The number of primary amides is 1. The highest BCUT2D eigenvalue weighted by Gasteiger charge is 2.09. The van der Waals surface area contributed by atoms with Gasteiger partial charge in [0.1, 0.15) is 6.61 Å². The number of ether oxygens (including phenoxy) is 2. The number of amides is 1. The van der Waals surface area contributed by atoms with Crippen LogP contribution in [-0.4, -0.2) is 12.5 Å². The third-order valence-corrected chi connectivity index (χ3v) is 3.36. The lowest BCUT2D eigenvalue weighted by atomic mass is 10.2. The maximum Gasteiger partial charge on any atom is 0.248 e. The minimum atomic E-state index is -0.490. The van der Waals surface area contributed by atoms with E-state index in [4.69, 9.17) is 15.2 Å². The van der Waals surface area contributed by atoms with Gasteiger partial charge in [-0.1, -0.05) is 28.1 Å². The van der Waals surface area contributed by atoms with Gasteiger partial charge in [0.2, 0.25) is 5.91 Å². The average Bonchev–Trinajstić information content (AvgIpc) is 2.47. The molecule has 0 spiro atoms. The van der Waals surface area contributed by atoms with Crippen LogP contribution in [0.5, 0.6) is 11.5 Å². The summed E-state index contributed by atoms with van der Waals surface area (Å²) in [5.74, 6) is 0.617. The van der Waals surface area contributed by atoms with Crippen LogP contribution in [0, 0.1) is 0 Å². The fraction of sp³-hybridized carbons (Fsp3) is 0.188. The van der Waals surface area contributed by atoms with Gasteiger partial charge in [-0.2, -0.15) is 0 Å². The van der Waals surface area contributed by atoms with Crippen LogP contribution in [0.2, 0.25) is 0 Å². The number of benzene rings is 2. The molecule has 0 fully saturated rings. The number of rotatable bonds is 6. The van der Waals surface area contributed by atoms with Gasteiger partial charge in [0.15, 0.2) is 11.5 Å². The normalized spacial score (nSPS) is 10.2. The molecule has 0 aliphatic carbocycles. The van der Waals surface area contributed by atoms with E-state index >= 15 is 0 Å². The highest BCUT2D eigenvalue weighted by molar-refractivity contribution is 9.10. The van der Waals surface area contributed by atoms with Crippen molar-refractivity contribution >= 4 is 21.8 Å². The summed E-state index contributed by atoms with van der Waals surface area (Å²) in [6.45, 7) is 2.77. The molecule has 0 aromatic heterocycles. The van der Waals surface area contributed by atoms with Crippen LogP contribution >= 0.6 is 15.9 Å². The molecule has 4 nitrogen and oxygen atoms in total. The molecule has 0 unspecified atom stereocenters. The molecule has 1 amide bonds. The first-order valence-electron chi connectivity index (χ1n) is 6.54. The summed E-state index contributed by atoms with van der Waals surface area (Å²) in [6, 6.07) is 12.8. The molecule has 2 rings (SSSR count). The van der Waals surface area contributed by atoms with Crippen molar-refractivity contribution in [2.24, 2.45) is 5.73 Å². The Bertz CT molecular complexity index is 626. The SMILES string of the molecule is CCOc1cc(C(N)=O)ccc1OCc1ccc(Br)cc1. The molecule has 21 heavy (non-hydrogen) atoms. The second kappa shape index (κ2) is 7.13. The van der Waals surface area contributed by atoms with Gasteiger partial charge in [0.25, 0.3) is 0 Å². The summed E-state index contributed by atoms with van der Waals surface area (Å²) in [5.41, 5.74) is 6.71. The first kappa shape index (κ1) is 15.4. The predicted octanol–water partition coefficient (Wildman–Crippen LogP) is 3.53. The van der Waals surface area contributed by atoms with Crippen molar-refractivity contribution in [1.29, 1.82) is 0 Å². The minimum Gasteiger partial charge on any atom is -0.490 e. The molecule has 0 aliphatic heterocycles. The quantitative estimate of drug-likeness (QED) is 0.867. The van der Waals surface area contributed by atoms with E-state index < -0.39 is 5.91 Å². The zero-order valence-electron chi connectivity index (χ0n) is 11.6. The van der Waals surface area contributed by atoms with Crippen LogP contribution in [0.3, 0.4) is 0 Å². The maximum atomic E-state index is 11.2. The monoisotopic (exact) mass is 349 g/mol. The van der Waals surface area contributed by atoms with Gasteiger partial charge >= 0.3 is 0 Å². The topological polar surface area (TPSA) is 61.5 Å². The molecule has 0 saturated heterocycles. The molecular weight excluding hydrogens is 334 g/mol. The highest BCUT2D eigenvalue weighted by Crippen LogP contribution is 2.29. The molecule has 0 radical (unpaired) electrons. The average molecular weight is 350 g/mol. The fourth-order valence-corrected chi connectivity index (χ4v) is 2.05. The largest absolute Gasteiger partial charge is 0.490 e. The first-order chi connectivity index (χ1) is 10.1. The zero-order chi connectivity index (χ0) is 15.2. The predicted molar refractivity (Wildman–Crippen MR) is 84.6 cm³/mol. The third-order valence-electron chi connectivity index (χ3n) is 2.84. The molecule has 2 N–H and O–H groups in total. The number of hydrogen-bond donors (Lipinski definition) is 1. The second-order valence-electron chi connectivity index (χ2n) is 4.37. The van der Waals surface area contributed by atoms with E-state index in [1.807, 2.05) is 31.2 Å². The molecular formula is C16H16BrNO3. The molecule has 5 heteroatoms. The Labute approximate surface area is 132 Å². The van der Waals surface area contributed by atoms with E-state index in [9.17, 15) is 4.79 Å². The summed E-state index contributed by atoms with van der Waals surface area (Å²) >= 11 is 3.39. The number of carbonyl (C=O) groups excluding carboxylic acids is 1. The van der Waals surface area contributed by atoms with Crippen LogP contribution in [0.25, 0.3) is 0 Å². The van der Waals surface area contributed by atoms with E-state index in [0.717, 1.165) is 10.0 Å². The molecule has 0 bridgehead atoms. The molecule has 110 valence electrons. The van der Waals surface area contributed by atoms with Crippen molar-refractivity contribution in [3.05, 3.63) is 58.1 Å². The van der Waals surface area contributed by atoms with Crippen LogP contribution < -0.4 is 15.2 Å². The Hall–Kier alpha value is -2.01. The van der Waals surface area contributed by atoms with Crippen molar-refractivity contribution in [3.63, 3.8) is 0 Å². The molecule has 0 heterocycles. The standard InChI is InChI=1S/C16H16BrNO3/c1-2-20-15-9-12(16(18)19)5-8-14(15)21-10-11-3-6-13(17)7-4-11/h3-9H,2,10H2,1H3,(H2,18,19). The number of carbonyl (C=O) groups is 1. The van der Waals surface area contributed by atoms with Crippen molar-refractivity contribution in [3.8, 4) is 11.5 Å². The lowest BCUT2D eigenvalue weighted by Crippen LogP contribution is -2.11. The Balaban J connectivity index is 2.14. The summed E-state index contributed by atoms with van der Waals surface area (Å²) in [7, 11) is 0. The van der Waals surface area contributed by atoms with Crippen LogP contribution in [0.4, 0.5) is 0 Å². The lowest BCUT2D eigenvalue weighted by molar-refractivity contribution is 0.0999. The summed E-state index contributed by atoms with van der Waals surface area (Å²) < 4.78 is 12.3. The van der Waals surface area contributed by atoms with Crippen LogP contribution in [0.1, 0.15) is 22.8 Å². The lowest BCUT2D eigenvalue weighted by Gasteiger charge is -2.13. The van der Waals surface area contributed by atoms with Crippen LogP contribution in [0.15, 0.2) is 46.9 Å². The first-order valence-corrected chi connectivity index (χ1v) is 7.33. The van der Waals surface area contributed by atoms with E-state index in [1.165, 1.54) is 0 Å². The number of hydrogen-bond acceptors (Lipinski definition) is 3. The van der Waals surface area contributed by atoms with Gasteiger partial charge in [-0.15, -0.1) is 0 Å². The third kappa shape index (κ3) is 4.23. The van der Waals surface area contributed by atoms with Gasteiger partial charge in [0, 0.05) is 10.0 Å². The van der Waals surface area contributed by atoms with Crippen molar-refractivity contribution in [2.75, 3.05) is 6.61 Å². The van der Waals surface area contributed by atoms with E-state index in [-0.39, 0.29) is 0 Å². The van der Waals surface area contributed by atoms with Crippen molar-refractivity contribution < 1.29 is 14.3 Å². The van der Waals surface area contributed by atoms with Gasteiger partial charge in [-0.05, 0) is 42.8 Å². The zero-order valence-corrected chi connectivity index (χ0v) is 13.2.